The van der Waals surface area contributed by atoms with E-state index in [0.717, 1.165) is 12.0 Å². The number of hydrogen-bond acceptors (Lipinski definition) is 4. The van der Waals surface area contributed by atoms with Gasteiger partial charge in [0.2, 0.25) is 0 Å². The number of nitrogens with zero attached hydrogens (tertiary/aromatic N) is 3. The molecule has 210 valence electrons. The Hall–Kier alpha value is -4.30. The molecule has 8 heteroatoms. The van der Waals surface area contributed by atoms with Crippen LogP contribution in [0.25, 0.3) is 0 Å². The second kappa shape index (κ2) is 14.2. The smallest absolute Gasteiger partial charge is 0.407 e. The Bertz CT molecular complexity index is 1220. The molecule has 0 aliphatic carbocycles. The van der Waals surface area contributed by atoms with Crippen LogP contribution < -0.4 is 10.1 Å². The molecule has 1 heterocycles. The summed E-state index contributed by atoms with van der Waals surface area (Å²) in [6, 6.07) is 27.9. The Labute approximate surface area is 236 Å². The number of benzene rings is 3. The summed E-state index contributed by atoms with van der Waals surface area (Å²) < 4.78 is 5.32. The summed E-state index contributed by atoms with van der Waals surface area (Å²) >= 11 is 0. The third-order valence-corrected chi connectivity index (χ3v) is 7.20. The Morgan fingerprint density at radius 1 is 0.950 bits per heavy atom. The number of carbonyl (C=O) groups excluding carboxylic acids is 1. The van der Waals surface area contributed by atoms with Gasteiger partial charge < -0.3 is 25.0 Å². The minimum Gasteiger partial charge on any atom is -0.497 e. The number of urea groups is 1. The zero-order valence-electron chi connectivity index (χ0n) is 23.0. The number of carboxylic acid groups (broad SMARTS) is 1. The first kappa shape index (κ1) is 28.7. The van der Waals surface area contributed by atoms with Crippen molar-refractivity contribution in [3.8, 4) is 5.75 Å². The Morgan fingerprint density at radius 3 is 2.15 bits per heavy atom. The van der Waals surface area contributed by atoms with E-state index in [1.54, 1.807) is 13.2 Å². The normalized spacial score (nSPS) is 13.6. The number of ether oxygens (including phenoxy) is 1. The van der Waals surface area contributed by atoms with Crippen LogP contribution in [0.4, 0.5) is 15.3 Å². The lowest BCUT2D eigenvalue weighted by Crippen LogP contribution is -2.49. The van der Waals surface area contributed by atoms with Gasteiger partial charge >= 0.3 is 12.1 Å². The third kappa shape index (κ3) is 8.10. The minimum atomic E-state index is -0.884. The number of methoxy groups -OCH3 is 1. The van der Waals surface area contributed by atoms with Gasteiger partial charge in [0.1, 0.15) is 5.75 Å². The van der Waals surface area contributed by atoms with Crippen molar-refractivity contribution in [1.29, 1.82) is 0 Å². The van der Waals surface area contributed by atoms with Crippen molar-refractivity contribution in [2.45, 2.75) is 12.3 Å². The van der Waals surface area contributed by atoms with Crippen LogP contribution in [0, 0.1) is 0 Å². The number of anilines is 1. The molecule has 0 saturated carbocycles. The van der Waals surface area contributed by atoms with Gasteiger partial charge in [-0.15, -0.1) is 0 Å². The molecule has 0 spiro atoms. The van der Waals surface area contributed by atoms with Crippen LogP contribution in [0.2, 0.25) is 0 Å². The molecule has 3 aromatic rings. The Morgan fingerprint density at radius 2 is 1.57 bits per heavy atom. The second-order valence-electron chi connectivity index (χ2n) is 10.0. The molecule has 40 heavy (non-hydrogen) atoms. The number of amides is 3. The first-order valence-electron chi connectivity index (χ1n) is 13.6. The summed E-state index contributed by atoms with van der Waals surface area (Å²) in [6.07, 6.45) is -0.144. The molecule has 0 atom stereocenters. The van der Waals surface area contributed by atoms with Gasteiger partial charge in [-0.2, -0.15) is 0 Å². The molecule has 1 aliphatic heterocycles. The molecule has 0 bridgehead atoms. The van der Waals surface area contributed by atoms with Gasteiger partial charge in [0.15, 0.2) is 0 Å². The maximum Gasteiger partial charge on any atom is 0.407 e. The maximum absolute atomic E-state index is 13.6. The Kier molecular flexibility index (Phi) is 10.2. The topological polar surface area (TPSA) is 85.4 Å². The van der Waals surface area contributed by atoms with Crippen LogP contribution >= 0.6 is 0 Å². The monoisotopic (exact) mass is 542 g/mol. The number of nitrogens with one attached hydrogen (secondary N) is 1. The van der Waals surface area contributed by atoms with Crippen molar-refractivity contribution < 1.29 is 19.4 Å². The van der Waals surface area contributed by atoms with Crippen LogP contribution in [0.15, 0.2) is 97.1 Å². The van der Waals surface area contributed by atoms with E-state index < -0.39 is 6.09 Å². The lowest BCUT2D eigenvalue weighted by Gasteiger charge is -2.34. The Balaban J connectivity index is 1.48. The third-order valence-electron chi connectivity index (χ3n) is 7.20. The quantitative estimate of drug-likeness (QED) is 0.308. The molecule has 4 rings (SSSR count). The standard InChI is InChI=1S/C32H38N4O4/c1-25(23-34-18-20-35(21-19-34)32(38)39)24-36(31(37)33-28-14-9-15-29(22-28)40-2)17-16-30(26-10-5-3-6-11-26)27-12-7-4-8-13-27/h3-15,22,30H,1,16-21,23-24H2,2H3,(H,33,37)(H,38,39). The fourth-order valence-electron chi connectivity index (χ4n) is 5.07. The highest BCUT2D eigenvalue weighted by Crippen LogP contribution is 2.28. The van der Waals surface area contributed by atoms with Crippen molar-refractivity contribution in [2.24, 2.45) is 0 Å². The predicted molar refractivity (Wildman–Crippen MR) is 158 cm³/mol. The highest BCUT2D eigenvalue weighted by Gasteiger charge is 2.23. The van der Waals surface area contributed by atoms with Gasteiger partial charge in [-0.3, -0.25) is 4.90 Å². The zero-order chi connectivity index (χ0) is 28.3. The van der Waals surface area contributed by atoms with E-state index in [9.17, 15) is 14.7 Å². The first-order chi connectivity index (χ1) is 19.4. The van der Waals surface area contributed by atoms with Gasteiger partial charge in [0, 0.05) is 63.5 Å². The molecule has 0 radical (unpaired) electrons. The summed E-state index contributed by atoms with van der Waals surface area (Å²) in [5.74, 6) is 0.800. The lowest BCUT2D eigenvalue weighted by molar-refractivity contribution is 0.108. The number of carbonyl (C=O) groups is 2. The molecule has 0 unspecified atom stereocenters. The van der Waals surface area contributed by atoms with E-state index in [2.05, 4.69) is 41.1 Å². The molecule has 2 N–H and O–H groups in total. The highest BCUT2D eigenvalue weighted by molar-refractivity contribution is 5.89. The van der Waals surface area contributed by atoms with E-state index in [1.165, 1.54) is 16.0 Å². The van der Waals surface area contributed by atoms with Crippen molar-refractivity contribution in [2.75, 3.05) is 58.2 Å². The van der Waals surface area contributed by atoms with Crippen LogP contribution in [0.3, 0.4) is 0 Å². The summed E-state index contributed by atoms with van der Waals surface area (Å²) in [6.45, 7) is 8.05. The number of rotatable bonds is 11. The second-order valence-corrected chi connectivity index (χ2v) is 10.0. The van der Waals surface area contributed by atoms with E-state index in [-0.39, 0.29) is 11.9 Å². The molecule has 8 nitrogen and oxygen atoms in total. The average Bonchev–Trinajstić information content (AvgIpc) is 2.98. The summed E-state index contributed by atoms with van der Waals surface area (Å²) in [7, 11) is 1.60. The summed E-state index contributed by atoms with van der Waals surface area (Å²) in [5.41, 5.74) is 3.97. The van der Waals surface area contributed by atoms with Gasteiger partial charge in [0.05, 0.1) is 7.11 Å². The SMILES string of the molecule is C=C(CN1CCN(C(=O)O)CC1)CN(CCC(c1ccccc1)c1ccccc1)C(=O)Nc1cccc(OC)c1. The van der Waals surface area contributed by atoms with E-state index in [0.29, 0.717) is 57.3 Å². The van der Waals surface area contributed by atoms with Crippen molar-refractivity contribution in [3.05, 3.63) is 108 Å². The summed E-state index contributed by atoms with van der Waals surface area (Å²) in [4.78, 5) is 30.3. The van der Waals surface area contributed by atoms with Crippen LogP contribution in [0.1, 0.15) is 23.5 Å². The van der Waals surface area contributed by atoms with Crippen LogP contribution in [-0.4, -0.2) is 84.9 Å². The minimum absolute atomic E-state index is 0.131. The molecule has 0 aromatic heterocycles. The molecular formula is C32H38N4O4. The molecule has 1 fully saturated rings. The van der Waals surface area contributed by atoms with Crippen LogP contribution in [-0.2, 0) is 0 Å². The predicted octanol–water partition coefficient (Wildman–Crippen LogP) is 5.60. The fourth-order valence-corrected chi connectivity index (χ4v) is 5.07. The number of piperazine rings is 1. The summed E-state index contributed by atoms with van der Waals surface area (Å²) in [5, 5.41) is 12.3. The van der Waals surface area contributed by atoms with E-state index in [1.807, 2.05) is 59.5 Å². The fraction of sp³-hybridized carbons (Fsp3) is 0.312. The lowest BCUT2D eigenvalue weighted by atomic mass is 9.88. The van der Waals surface area contributed by atoms with Crippen molar-refractivity contribution in [1.82, 2.24) is 14.7 Å². The van der Waals surface area contributed by atoms with Gasteiger partial charge in [-0.1, -0.05) is 73.3 Å². The van der Waals surface area contributed by atoms with Crippen LogP contribution in [0.5, 0.6) is 5.75 Å². The number of hydrogen-bond donors (Lipinski definition) is 2. The molecule has 1 saturated heterocycles. The van der Waals surface area contributed by atoms with Crippen molar-refractivity contribution in [3.63, 3.8) is 0 Å². The molecule has 3 amide bonds. The van der Waals surface area contributed by atoms with Gasteiger partial charge in [0.25, 0.3) is 0 Å². The van der Waals surface area contributed by atoms with E-state index >= 15 is 0 Å². The van der Waals surface area contributed by atoms with Gasteiger partial charge in [-0.25, -0.2) is 9.59 Å². The van der Waals surface area contributed by atoms with Crippen molar-refractivity contribution >= 4 is 17.8 Å². The first-order valence-corrected chi connectivity index (χ1v) is 13.6. The van der Waals surface area contributed by atoms with Gasteiger partial charge in [-0.05, 0) is 35.3 Å². The average molecular weight is 543 g/mol. The maximum atomic E-state index is 13.6. The zero-order valence-corrected chi connectivity index (χ0v) is 23.0. The largest absolute Gasteiger partial charge is 0.497 e. The molecule has 3 aromatic carbocycles. The van der Waals surface area contributed by atoms with E-state index in [4.69, 9.17) is 4.74 Å². The molecular weight excluding hydrogens is 504 g/mol. The highest BCUT2D eigenvalue weighted by atomic mass is 16.5. The molecule has 1 aliphatic rings.